The quantitative estimate of drug-likeness (QED) is 0.118. The summed E-state index contributed by atoms with van der Waals surface area (Å²) in [7, 11) is 0. The summed E-state index contributed by atoms with van der Waals surface area (Å²) in [5.41, 5.74) is 9.84. The maximum absolute atomic E-state index is 14.4. The largest absolute Gasteiger partial charge is 0.489 e. The molecular weight excluding hydrogens is 809 g/mol. The molecule has 0 fully saturated rings. The molecule has 312 valence electrons. The minimum Gasteiger partial charge on any atom is -0.489 e. The number of hydrogen-bond donors (Lipinski definition) is 2. The van der Waals surface area contributed by atoms with Gasteiger partial charge in [-0.25, -0.2) is 4.79 Å². The van der Waals surface area contributed by atoms with Gasteiger partial charge in [0.25, 0.3) is 0 Å². The third kappa shape index (κ3) is 9.55. The van der Waals surface area contributed by atoms with E-state index in [0.29, 0.717) is 53.5 Å². The van der Waals surface area contributed by atoms with Crippen molar-refractivity contribution in [1.82, 2.24) is 15.2 Å². The smallest absolute Gasteiger partial charge is 0.326 e. The molecule has 1 amide bonds. The zero-order valence-corrected chi connectivity index (χ0v) is 35.7. The Morgan fingerprint density at radius 3 is 2.34 bits per heavy atom. The first kappa shape index (κ1) is 41.8. The summed E-state index contributed by atoms with van der Waals surface area (Å²) in [6.45, 7) is 7.20. The average Bonchev–Trinajstić information content (AvgIpc) is 3.27. The number of nitrogens with one attached hydrogen (secondary N) is 1. The molecule has 2 aliphatic heterocycles. The lowest BCUT2D eigenvalue weighted by atomic mass is 9.89. The molecule has 6 aromatic rings. The minimum absolute atomic E-state index is 0.0976. The molecule has 4 unspecified atom stereocenters. The fourth-order valence-corrected chi connectivity index (χ4v) is 8.60. The van der Waals surface area contributed by atoms with Gasteiger partial charge >= 0.3 is 5.97 Å². The van der Waals surface area contributed by atoms with Crippen LogP contribution in [0.25, 0.3) is 11.1 Å². The van der Waals surface area contributed by atoms with Crippen LogP contribution in [-0.4, -0.2) is 45.6 Å². The molecule has 2 N–H and O–H groups in total. The van der Waals surface area contributed by atoms with Crippen LogP contribution in [0, 0.1) is 13.8 Å². The normalized spacial score (nSPS) is 16.9. The predicted molar refractivity (Wildman–Crippen MR) is 237 cm³/mol. The highest BCUT2D eigenvalue weighted by Gasteiger charge is 2.39. The molecule has 3 heterocycles. The number of carboxylic acids is 1. The van der Waals surface area contributed by atoms with Crippen molar-refractivity contribution < 1.29 is 28.9 Å². The minimum atomic E-state index is -1.12. The van der Waals surface area contributed by atoms with Gasteiger partial charge in [-0.3, -0.25) is 14.7 Å². The van der Waals surface area contributed by atoms with Crippen molar-refractivity contribution in [3.05, 3.63) is 176 Å². The van der Waals surface area contributed by atoms with E-state index in [-0.39, 0.29) is 24.5 Å². The number of fused-ring (bicyclic) bond motifs is 2. The van der Waals surface area contributed by atoms with Gasteiger partial charge in [-0.2, -0.15) is 0 Å². The molecule has 0 saturated carbocycles. The van der Waals surface area contributed by atoms with Gasteiger partial charge in [0.2, 0.25) is 5.91 Å². The molecular formula is C50H47Cl2N3O6. The number of aryl methyl sites for hydroxylation is 2. The Hall–Kier alpha value is -5.87. The second-order valence-corrected chi connectivity index (χ2v) is 16.6. The predicted octanol–water partition coefficient (Wildman–Crippen LogP) is 10.5. The van der Waals surface area contributed by atoms with E-state index in [2.05, 4.69) is 34.3 Å². The van der Waals surface area contributed by atoms with Gasteiger partial charge in [-0.1, -0.05) is 103 Å². The molecule has 0 bridgehead atoms. The van der Waals surface area contributed by atoms with Crippen molar-refractivity contribution in [1.29, 1.82) is 0 Å². The fourth-order valence-electron chi connectivity index (χ4n) is 8.28. The Labute approximate surface area is 366 Å². The van der Waals surface area contributed by atoms with Crippen molar-refractivity contribution in [2.24, 2.45) is 0 Å². The summed E-state index contributed by atoms with van der Waals surface area (Å²) < 4.78 is 18.9. The Morgan fingerprint density at radius 2 is 1.62 bits per heavy atom. The van der Waals surface area contributed by atoms with E-state index in [4.69, 9.17) is 37.4 Å². The van der Waals surface area contributed by atoms with Crippen molar-refractivity contribution >= 4 is 35.1 Å². The number of benzene rings is 5. The number of carbonyl (C=O) groups is 2. The summed E-state index contributed by atoms with van der Waals surface area (Å²) in [5.74, 6) is 0.542. The molecule has 0 saturated heterocycles. The molecule has 0 spiro atoms. The van der Waals surface area contributed by atoms with Gasteiger partial charge in [0.15, 0.2) is 17.6 Å². The summed E-state index contributed by atoms with van der Waals surface area (Å²) in [4.78, 5) is 33.7. The highest BCUT2D eigenvalue weighted by Crippen LogP contribution is 2.43. The Balaban J connectivity index is 0.993. The van der Waals surface area contributed by atoms with Crippen molar-refractivity contribution in [2.45, 2.75) is 77.4 Å². The summed E-state index contributed by atoms with van der Waals surface area (Å²) in [6.07, 6.45) is 2.78. The summed E-state index contributed by atoms with van der Waals surface area (Å²) in [5, 5.41) is 14.3. The summed E-state index contributed by atoms with van der Waals surface area (Å²) in [6, 6.07) is 35.4. The first-order valence-corrected chi connectivity index (χ1v) is 21.3. The molecule has 5 aromatic carbocycles. The molecule has 4 atom stereocenters. The number of aliphatic carboxylic acids is 1. The van der Waals surface area contributed by atoms with Crippen LogP contribution in [-0.2, 0) is 35.6 Å². The van der Waals surface area contributed by atoms with Crippen LogP contribution >= 0.6 is 23.2 Å². The molecule has 2 aliphatic rings. The lowest BCUT2D eigenvalue weighted by molar-refractivity contribution is -0.143. The Bertz CT molecular complexity index is 2530. The lowest BCUT2D eigenvalue weighted by Crippen LogP contribution is -2.55. The molecule has 61 heavy (non-hydrogen) atoms. The first-order chi connectivity index (χ1) is 29.5. The van der Waals surface area contributed by atoms with Gasteiger partial charge in [0.1, 0.15) is 25.0 Å². The van der Waals surface area contributed by atoms with E-state index < -0.39 is 18.1 Å². The van der Waals surface area contributed by atoms with E-state index in [1.807, 2.05) is 111 Å². The van der Waals surface area contributed by atoms with Crippen LogP contribution in [0.1, 0.15) is 70.1 Å². The molecule has 0 aliphatic carbocycles. The Kier molecular flexibility index (Phi) is 12.6. The monoisotopic (exact) mass is 855 g/mol. The number of amides is 1. The van der Waals surface area contributed by atoms with Crippen molar-refractivity contribution in [3.63, 3.8) is 0 Å². The van der Waals surface area contributed by atoms with Gasteiger partial charge < -0.3 is 24.6 Å². The number of nitrogens with zero attached hydrogens (tertiary/aromatic N) is 2. The summed E-state index contributed by atoms with van der Waals surface area (Å²) >= 11 is 12.2. The standard InChI is InChI=1S/C50H47Cl2N3O6/c1-4-44(35-8-6-5-7-9-35)55-27-38-25-47-46(60-29-48(61-47)36-15-17-39(18-16-36)59-28-33-12-19-41(51)42(52)21-33)24-37(38)23-45(55)49(56)54-43(50(57)58)22-32-10-13-34(14-11-32)40-20-31(3)53-26-30(40)2/h5-21,24-26,43-45,48H,4,22-23,27-29H2,1-3H3,(H,54,56)(H,57,58). The maximum atomic E-state index is 14.4. The number of ether oxygens (including phenoxy) is 3. The van der Waals surface area contributed by atoms with Crippen LogP contribution in [0.5, 0.6) is 17.2 Å². The average molecular weight is 857 g/mol. The number of carbonyl (C=O) groups excluding carboxylic acids is 1. The van der Waals surface area contributed by atoms with Crippen LogP contribution in [0.4, 0.5) is 0 Å². The van der Waals surface area contributed by atoms with Gasteiger partial charge in [-0.05, 0) is 119 Å². The van der Waals surface area contributed by atoms with E-state index in [1.54, 1.807) is 12.1 Å². The van der Waals surface area contributed by atoms with Crippen LogP contribution in [0.3, 0.4) is 0 Å². The van der Waals surface area contributed by atoms with Gasteiger partial charge in [0.05, 0.1) is 16.1 Å². The van der Waals surface area contributed by atoms with E-state index in [9.17, 15) is 14.7 Å². The van der Waals surface area contributed by atoms with Gasteiger partial charge in [0, 0.05) is 30.9 Å². The highest BCUT2D eigenvalue weighted by atomic mass is 35.5. The number of rotatable bonds is 13. The van der Waals surface area contributed by atoms with Crippen molar-refractivity contribution in [3.8, 4) is 28.4 Å². The second kappa shape index (κ2) is 18.4. The number of hydrogen-bond acceptors (Lipinski definition) is 7. The molecule has 11 heteroatoms. The zero-order valence-electron chi connectivity index (χ0n) is 34.2. The van der Waals surface area contributed by atoms with Gasteiger partial charge in [-0.15, -0.1) is 0 Å². The zero-order chi connectivity index (χ0) is 42.6. The third-order valence-electron chi connectivity index (χ3n) is 11.6. The highest BCUT2D eigenvalue weighted by molar-refractivity contribution is 6.42. The number of carboxylic acid groups (broad SMARTS) is 1. The maximum Gasteiger partial charge on any atom is 0.326 e. The molecule has 1 aromatic heterocycles. The lowest BCUT2D eigenvalue weighted by Gasteiger charge is -2.42. The van der Waals surface area contributed by atoms with Crippen LogP contribution in [0.15, 0.2) is 121 Å². The molecule has 9 nitrogen and oxygen atoms in total. The van der Waals surface area contributed by atoms with Crippen LogP contribution in [0.2, 0.25) is 10.0 Å². The topological polar surface area (TPSA) is 110 Å². The van der Waals surface area contributed by atoms with E-state index in [0.717, 1.165) is 62.2 Å². The van der Waals surface area contributed by atoms with E-state index in [1.165, 1.54) is 0 Å². The Morgan fingerprint density at radius 1 is 0.885 bits per heavy atom. The van der Waals surface area contributed by atoms with Crippen LogP contribution < -0.4 is 19.5 Å². The molecule has 0 radical (unpaired) electrons. The third-order valence-corrected chi connectivity index (χ3v) is 12.3. The number of pyridine rings is 1. The number of halogens is 2. The van der Waals surface area contributed by atoms with E-state index >= 15 is 0 Å². The second-order valence-electron chi connectivity index (χ2n) is 15.8. The number of aromatic nitrogens is 1. The molecule has 8 rings (SSSR count). The van der Waals surface area contributed by atoms with Crippen molar-refractivity contribution in [2.75, 3.05) is 6.61 Å². The fraction of sp³-hybridized carbons (Fsp3) is 0.260. The SMILES string of the molecule is CCC(c1ccccc1)N1Cc2cc3c(cc2CC1C(=O)NC(Cc1ccc(-c2cc(C)ncc2C)cc1)C(=O)O)OCC(c1ccc(OCc2ccc(Cl)c(Cl)c2)cc1)O3. The first-order valence-electron chi connectivity index (χ1n) is 20.5.